The summed E-state index contributed by atoms with van der Waals surface area (Å²) in [7, 11) is 0. The van der Waals surface area contributed by atoms with Gasteiger partial charge < -0.3 is 25.1 Å². The number of benzene rings is 1. The van der Waals surface area contributed by atoms with Crippen molar-refractivity contribution < 1.29 is 13.9 Å². The highest BCUT2D eigenvalue weighted by Crippen LogP contribution is 2.30. The van der Waals surface area contributed by atoms with Gasteiger partial charge in [-0.2, -0.15) is 0 Å². The average molecular weight is 453 g/mol. The summed E-state index contributed by atoms with van der Waals surface area (Å²) in [6, 6.07) is 7.50. The van der Waals surface area contributed by atoms with E-state index in [-0.39, 0.29) is 37.3 Å². The van der Waals surface area contributed by atoms with Crippen LogP contribution in [0.2, 0.25) is 0 Å². The Balaban J connectivity index is 0.00000156. The summed E-state index contributed by atoms with van der Waals surface area (Å²) >= 11 is 3.45. The number of anilines is 2. The van der Waals surface area contributed by atoms with Crippen LogP contribution in [0.3, 0.4) is 0 Å². The smallest absolute Gasteiger partial charge is 0.258 e. The second-order valence-corrected chi connectivity index (χ2v) is 6.14. The van der Waals surface area contributed by atoms with Gasteiger partial charge >= 0.3 is 0 Å². The number of hydrogen-bond donors (Lipinski definition) is 2. The summed E-state index contributed by atoms with van der Waals surface area (Å²) in [5, 5.41) is 2.95. The van der Waals surface area contributed by atoms with Crippen LogP contribution in [0.25, 0.3) is 0 Å². The maximum absolute atomic E-state index is 12.4. The number of carbonyl (C=O) groups excluding carboxylic acids is 1. The summed E-state index contributed by atoms with van der Waals surface area (Å²) in [5.74, 6) is 0.360. The quantitative estimate of drug-likeness (QED) is 0.742. The van der Waals surface area contributed by atoms with Crippen LogP contribution >= 0.6 is 40.7 Å². The molecule has 25 heavy (non-hydrogen) atoms. The fraction of sp³-hybridized carbons (Fsp3) is 0.312. The summed E-state index contributed by atoms with van der Waals surface area (Å²) in [6.07, 6.45) is 1.42. The first-order chi connectivity index (χ1) is 11.2. The maximum Gasteiger partial charge on any atom is 0.258 e. The van der Waals surface area contributed by atoms with Crippen LogP contribution in [0.15, 0.2) is 39.4 Å². The number of nitrogens with one attached hydrogen (secondary N) is 1. The lowest BCUT2D eigenvalue weighted by atomic mass is 10.2. The minimum Gasteiger partial charge on any atom is -0.467 e. The molecule has 1 aliphatic heterocycles. The van der Waals surface area contributed by atoms with Crippen molar-refractivity contribution >= 4 is 58.0 Å². The fourth-order valence-corrected chi connectivity index (χ4v) is 2.85. The number of hydrogen-bond acceptors (Lipinski definition) is 5. The summed E-state index contributed by atoms with van der Waals surface area (Å²) in [6.45, 7) is 3.24. The molecule has 2 heterocycles. The minimum atomic E-state index is -0.221. The van der Waals surface area contributed by atoms with Gasteiger partial charge in [-0.1, -0.05) is 15.9 Å². The standard InChI is InChI=1S/C16H18BrN3O3.2ClH/c17-12-1-2-15(20-3-5-22-6-4-20)14(8-12)19-16(21)11-7-13(9-18)23-10-11;;/h1-2,7-8,10H,3-6,9,18H2,(H,19,21);2*1H. The van der Waals surface area contributed by atoms with Crippen LogP contribution in [0, 0.1) is 0 Å². The SMILES string of the molecule is Cl.Cl.NCc1cc(C(=O)Nc2cc(Br)ccc2N2CCOCC2)co1. The third-order valence-electron chi connectivity index (χ3n) is 3.68. The van der Waals surface area contributed by atoms with Crippen molar-refractivity contribution in [2.75, 3.05) is 36.5 Å². The van der Waals surface area contributed by atoms with E-state index in [0.717, 1.165) is 28.9 Å². The highest BCUT2D eigenvalue weighted by molar-refractivity contribution is 9.10. The zero-order chi connectivity index (χ0) is 16.2. The molecule has 1 aromatic carbocycles. The maximum atomic E-state index is 12.4. The zero-order valence-corrected chi connectivity index (χ0v) is 16.6. The van der Waals surface area contributed by atoms with Gasteiger partial charge in [0.1, 0.15) is 12.0 Å². The molecule has 0 unspecified atom stereocenters. The first-order valence-corrected chi connectivity index (χ1v) is 8.18. The molecule has 1 fully saturated rings. The molecular weight excluding hydrogens is 433 g/mol. The number of morpholine rings is 1. The average Bonchev–Trinajstić information content (AvgIpc) is 3.05. The van der Waals surface area contributed by atoms with Gasteiger partial charge in [0.15, 0.2) is 0 Å². The van der Waals surface area contributed by atoms with Gasteiger partial charge in [-0.3, -0.25) is 4.79 Å². The van der Waals surface area contributed by atoms with Crippen LogP contribution in [0.4, 0.5) is 11.4 Å². The number of amides is 1. The fourth-order valence-electron chi connectivity index (χ4n) is 2.49. The molecule has 9 heteroatoms. The van der Waals surface area contributed by atoms with Crippen molar-refractivity contribution in [3.63, 3.8) is 0 Å². The van der Waals surface area contributed by atoms with E-state index in [9.17, 15) is 4.79 Å². The Bertz CT molecular complexity index is 706. The monoisotopic (exact) mass is 451 g/mol. The van der Waals surface area contributed by atoms with Gasteiger partial charge in [-0.25, -0.2) is 0 Å². The van der Waals surface area contributed by atoms with E-state index in [1.165, 1.54) is 6.26 Å². The van der Waals surface area contributed by atoms with Crippen LogP contribution < -0.4 is 16.0 Å². The molecule has 2 aromatic rings. The predicted octanol–water partition coefficient (Wildman–Crippen LogP) is 3.43. The molecule has 0 atom stereocenters. The van der Waals surface area contributed by atoms with Gasteiger partial charge in [0.05, 0.1) is 36.7 Å². The third-order valence-corrected chi connectivity index (χ3v) is 4.17. The Labute approximate surface area is 167 Å². The number of rotatable bonds is 4. The lowest BCUT2D eigenvalue weighted by Gasteiger charge is -2.30. The molecule has 1 aliphatic rings. The summed E-state index contributed by atoms with van der Waals surface area (Å²) in [4.78, 5) is 14.6. The van der Waals surface area contributed by atoms with Crippen molar-refractivity contribution in [1.29, 1.82) is 0 Å². The normalized spacial score (nSPS) is 13.6. The second-order valence-electron chi connectivity index (χ2n) is 5.22. The first-order valence-electron chi connectivity index (χ1n) is 7.38. The van der Waals surface area contributed by atoms with Gasteiger partial charge in [-0.05, 0) is 24.3 Å². The van der Waals surface area contributed by atoms with Crippen molar-refractivity contribution in [1.82, 2.24) is 0 Å². The molecule has 3 N–H and O–H groups in total. The Morgan fingerprint density at radius 1 is 1.24 bits per heavy atom. The van der Waals surface area contributed by atoms with Crippen LogP contribution in [-0.2, 0) is 11.3 Å². The molecule has 1 aromatic heterocycles. The molecule has 0 bridgehead atoms. The minimum absolute atomic E-state index is 0. The van der Waals surface area contributed by atoms with Crippen LogP contribution in [0.1, 0.15) is 16.1 Å². The Morgan fingerprint density at radius 3 is 2.60 bits per heavy atom. The van der Waals surface area contributed by atoms with E-state index in [4.69, 9.17) is 14.9 Å². The predicted molar refractivity (Wildman–Crippen MR) is 106 cm³/mol. The lowest BCUT2D eigenvalue weighted by Crippen LogP contribution is -2.36. The van der Waals surface area contributed by atoms with Crippen molar-refractivity contribution in [3.05, 3.63) is 46.3 Å². The van der Waals surface area contributed by atoms with Crippen LogP contribution in [0.5, 0.6) is 0 Å². The largest absolute Gasteiger partial charge is 0.467 e. The zero-order valence-electron chi connectivity index (χ0n) is 13.4. The number of nitrogens with zero attached hydrogens (tertiary/aromatic N) is 1. The van der Waals surface area contributed by atoms with Gasteiger partial charge in [-0.15, -0.1) is 24.8 Å². The van der Waals surface area contributed by atoms with Crippen molar-refractivity contribution in [3.8, 4) is 0 Å². The molecule has 0 saturated carbocycles. The second kappa shape index (κ2) is 10.0. The molecule has 1 saturated heterocycles. The van der Waals surface area contributed by atoms with E-state index in [2.05, 4.69) is 26.1 Å². The molecule has 6 nitrogen and oxygen atoms in total. The Hall–Kier alpha value is -1.25. The van der Waals surface area contributed by atoms with Crippen LogP contribution in [-0.4, -0.2) is 32.2 Å². The van der Waals surface area contributed by atoms with Crippen molar-refractivity contribution in [2.24, 2.45) is 5.73 Å². The molecule has 3 rings (SSSR count). The highest BCUT2D eigenvalue weighted by atomic mass is 79.9. The van der Waals surface area contributed by atoms with Gasteiger partial charge in [0.25, 0.3) is 5.91 Å². The van der Waals surface area contributed by atoms with Crippen molar-refractivity contribution in [2.45, 2.75) is 6.54 Å². The molecule has 1 amide bonds. The molecule has 0 spiro atoms. The van der Waals surface area contributed by atoms with E-state index >= 15 is 0 Å². The summed E-state index contributed by atoms with van der Waals surface area (Å²) < 4.78 is 11.5. The number of nitrogens with two attached hydrogens (primary N) is 1. The number of carbonyl (C=O) groups is 1. The highest BCUT2D eigenvalue weighted by Gasteiger charge is 2.18. The lowest BCUT2D eigenvalue weighted by molar-refractivity contribution is 0.102. The Kier molecular flexibility index (Phi) is 8.75. The molecular formula is C16H20BrCl2N3O3. The first kappa shape index (κ1) is 21.8. The number of halogens is 3. The van der Waals surface area contributed by atoms with E-state index in [0.29, 0.717) is 24.5 Å². The third kappa shape index (κ3) is 5.36. The number of ether oxygens (including phenoxy) is 1. The van der Waals surface area contributed by atoms with E-state index in [1.54, 1.807) is 6.07 Å². The molecule has 0 aliphatic carbocycles. The summed E-state index contributed by atoms with van der Waals surface area (Å²) in [5.41, 5.74) is 7.69. The Morgan fingerprint density at radius 2 is 1.96 bits per heavy atom. The molecule has 0 radical (unpaired) electrons. The van der Waals surface area contributed by atoms with E-state index < -0.39 is 0 Å². The van der Waals surface area contributed by atoms with E-state index in [1.807, 2.05) is 18.2 Å². The number of furan rings is 1. The van der Waals surface area contributed by atoms with Gasteiger partial charge in [0, 0.05) is 17.6 Å². The molecule has 138 valence electrons. The topological polar surface area (TPSA) is 80.7 Å². The van der Waals surface area contributed by atoms with Gasteiger partial charge in [0.2, 0.25) is 0 Å².